The quantitative estimate of drug-likeness (QED) is 0.720. The number of nitrogens with zero attached hydrogens (tertiary/aromatic N) is 4. The van der Waals surface area contributed by atoms with E-state index in [1.54, 1.807) is 4.52 Å². The van der Waals surface area contributed by atoms with Gasteiger partial charge in [-0.05, 0) is 48.6 Å². The number of nitriles is 1. The molecule has 0 spiro atoms. The van der Waals surface area contributed by atoms with Gasteiger partial charge >= 0.3 is 0 Å². The Morgan fingerprint density at radius 1 is 1.14 bits per heavy atom. The topological polar surface area (TPSA) is 54.0 Å². The second-order valence-electron chi connectivity index (χ2n) is 5.69. The molecule has 0 aliphatic heterocycles. The monoisotopic (exact) mass is 274 g/mol. The van der Waals surface area contributed by atoms with E-state index in [9.17, 15) is 5.26 Å². The van der Waals surface area contributed by atoms with Gasteiger partial charge in [0.2, 0.25) is 0 Å². The summed E-state index contributed by atoms with van der Waals surface area (Å²) >= 11 is 0. The minimum atomic E-state index is -0.214. The molecule has 0 unspecified atom stereocenters. The molecule has 0 N–H and O–H groups in total. The third-order valence-electron chi connectivity index (χ3n) is 4.33. The lowest BCUT2D eigenvalue weighted by Gasteiger charge is -2.08. The smallest absolute Gasteiger partial charge is 0.0900 e. The molecule has 1 aliphatic carbocycles. The third kappa shape index (κ3) is 1.82. The third-order valence-corrected chi connectivity index (χ3v) is 4.33. The van der Waals surface area contributed by atoms with Gasteiger partial charge in [-0.1, -0.05) is 29.5 Å². The molecule has 2 aromatic heterocycles. The van der Waals surface area contributed by atoms with Crippen LogP contribution in [0.5, 0.6) is 0 Å². The van der Waals surface area contributed by atoms with Crippen molar-refractivity contribution in [1.82, 2.24) is 14.8 Å². The summed E-state index contributed by atoms with van der Waals surface area (Å²) in [7, 11) is 0. The highest BCUT2D eigenvalue weighted by molar-refractivity contribution is 5.70. The first-order chi connectivity index (χ1) is 10.2. The first kappa shape index (κ1) is 12.1. The number of hydrogen-bond donors (Lipinski definition) is 0. The van der Waals surface area contributed by atoms with Crippen molar-refractivity contribution in [1.29, 1.82) is 5.26 Å². The Balaban J connectivity index is 1.75. The largest absolute Gasteiger partial charge is 0.220 e. The van der Waals surface area contributed by atoms with E-state index in [1.165, 1.54) is 0 Å². The second kappa shape index (κ2) is 4.16. The first-order valence-electron chi connectivity index (χ1n) is 7.06. The van der Waals surface area contributed by atoms with Crippen LogP contribution < -0.4 is 0 Å². The Morgan fingerprint density at radius 3 is 2.57 bits per heavy atom. The maximum Gasteiger partial charge on any atom is 0.0900 e. The van der Waals surface area contributed by atoms with Crippen molar-refractivity contribution in [3.8, 4) is 17.2 Å². The van der Waals surface area contributed by atoms with Crippen molar-refractivity contribution >= 4 is 5.52 Å². The number of aromatic nitrogens is 3. The fourth-order valence-corrected chi connectivity index (χ4v) is 2.76. The van der Waals surface area contributed by atoms with Crippen LogP contribution in [0.25, 0.3) is 16.6 Å². The lowest BCUT2D eigenvalue weighted by atomic mass is 9.95. The van der Waals surface area contributed by atoms with Crippen molar-refractivity contribution in [2.75, 3.05) is 0 Å². The summed E-state index contributed by atoms with van der Waals surface area (Å²) in [6.07, 6.45) is 3.89. The van der Waals surface area contributed by atoms with Crippen LogP contribution >= 0.6 is 0 Å². The molecule has 4 nitrogen and oxygen atoms in total. The number of pyridine rings is 1. The normalized spacial score (nSPS) is 15.8. The van der Waals surface area contributed by atoms with Crippen LogP contribution in [0.1, 0.15) is 24.1 Å². The molecule has 3 aromatic rings. The van der Waals surface area contributed by atoms with E-state index in [0.29, 0.717) is 0 Å². The molecule has 1 aromatic carbocycles. The number of aryl methyl sites for hydroxylation is 1. The summed E-state index contributed by atoms with van der Waals surface area (Å²) < 4.78 is 1.78. The maximum atomic E-state index is 9.25. The van der Waals surface area contributed by atoms with Gasteiger partial charge in [0.1, 0.15) is 0 Å². The van der Waals surface area contributed by atoms with Gasteiger partial charge in [-0.25, -0.2) is 4.52 Å². The van der Waals surface area contributed by atoms with Crippen LogP contribution in [-0.4, -0.2) is 14.8 Å². The van der Waals surface area contributed by atoms with Crippen LogP contribution in [0.2, 0.25) is 0 Å². The molecule has 0 bridgehead atoms. The van der Waals surface area contributed by atoms with E-state index in [2.05, 4.69) is 46.7 Å². The molecule has 1 saturated carbocycles. The number of benzene rings is 1. The predicted octanol–water partition coefficient (Wildman–Crippen LogP) is 3.26. The number of hydrogen-bond acceptors (Lipinski definition) is 3. The molecule has 0 radical (unpaired) electrons. The van der Waals surface area contributed by atoms with Gasteiger partial charge in [0.05, 0.1) is 22.7 Å². The molecule has 0 saturated heterocycles. The Kier molecular flexibility index (Phi) is 2.40. The van der Waals surface area contributed by atoms with Crippen LogP contribution in [0.15, 0.2) is 42.6 Å². The fraction of sp³-hybridized carbons (Fsp3) is 0.235. The lowest BCUT2D eigenvalue weighted by molar-refractivity contribution is 0.849. The average Bonchev–Trinajstić information content (AvgIpc) is 3.26. The van der Waals surface area contributed by atoms with E-state index in [1.807, 2.05) is 19.2 Å². The van der Waals surface area contributed by atoms with E-state index in [0.717, 1.165) is 40.7 Å². The minimum absolute atomic E-state index is 0.214. The van der Waals surface area contributed by atoms with E-state index < -0.39 is 0 Å². The van der Waals surface area contributed by atoms with E-state index in [4.69, 9.17) is 0 Å². The number of rotatable bonds is 2. The first-order valence-corrected chi connectivity index (χ1v) is 7.06. The van der Waals surface area contributed by atoms with Crippen molar-refractivity contribution in [3.63, 3.8) is 0 Å². The highest BCUT2D eigenvalue weighted by atomic mass is 15.4. The molecule has 4 heteroatoms. The summed E-state index contributed by atoms with van der Waals surface area (Å²) in [5.41, 5.74) is 5.16. The Hall–Kier alpha value is -2.67. The van der Waals surface area contributed by atoms with E-state index >= 15 is 0 Å². The molecular weight excluding hydrogens is 260 g/mol. The van der Waals surface area contributed by atoms with Crippen molar-refractivity contribution in [2.45, 2.75) is 25.2 Å². The zero-order valence-corrected chi connectivity index (χ0v) is 11.7. The summed E-state index contributed by atoms with van der Waals surface area (Å²) in [5, 5.41) is 17.4. The van der Waals surface area contributed by atoms with Crippen molar-refractivity contribution < 1.29 is 0 Å². The molecular formula is C17H14N4. The predicted molar refractivity (Wildman–Crippen MR) is 79.7 cm³/mol. The molecule has 1 aliphatic rings. The summed E-state index contributed by atoms with van der Waals surface area (Å²) in [4.78, 5) is 0. The lowest BCUT2D eigenvalue weighted by Crippen LogP contribution is -2.01. The van der Waals surface area contributed by atoms with Crippen LogP contribution in [0.4, 0.5) is 0 Å². The highest BCUT2D eigenvalue weighted by Crippen LogP contribution is 2.47. The van der Waals surface area contributed by atoms with Crippen LogP contribution in [0.3, 0.4) is 0 Å². The molecule has 2 heterocycles. The molecule has 0 atom stereocenters. The highest BCUT2D eigenvalue weighted by Gasteiger charge is 2.44. The van der Waals surface area contributed by atoms with Gasteiger partial charge in [-0.15, -0.1) is 5.10 Å². The van der Waals surface area contributed by atoms with Crippen molar-refractivity contribution in [3.05, 3.63) is 53.9 Å². The summed E-state index contributed by atoms with van der Waals surface area (Å²) in [6, 6.07) is 14.9. The van der Waals surface area contributed by atoms with Gasteiger partial charge in [-0.2, -0.15) is 5.26 Å². The maximum absolute atomic E-state index is 9.25. The van der Waals surface area contributed by atoms with E-state index in [-0.39, 0.29) is 5.41 Å². The molecule has 102 valence electrons. The summed E-state index contributed by atoms with van der Waals surface area (Å²) in [5.74, 6) is 0. The minimum Gasteiger partial charge on any atom is -0.220 e. The standard InChI is InChI=1S/C17H14N4/c1-12-16-10-14(6-9-21(16)20-19-12)13-2-4-15(5-3-13)17(11-18)7-8-17/h2-6,9-10H,7-8H2,1H3. The average molecular weight is 274 g/mol. The van der Waals surface area contributed by atoms with Crippen LogP contribution in [-0.2, 0) is 5.41 Å². The molecule has 1 fully saturated rings. The van der Waals surface area contributed by atoms with Gasteiger partial charge in [0.15, 0.2) is 0 Å². The number of fused-ring (bicyclic) bond motifs is 1. The summed E-state index contributed by atoms with van der Waals surface area (Å²) in [6.45, 7) is 1.96. The molecule has 21 heavy (non-hydrogen) atoms. The van der Waals surface area contributed by atoms with Gasteiger partial charge in [-0.3, -0.25) is 0 Å². The van der Waals surface area contributed by atoms with Gasteiger partial charge < -0.3 is 0 Å². The van der Waals surface area contributed by atoms with Crippen molar-refractivity contribution in [2.24, 2.45) is 0 Å². The fourth-order valence-electron chi connectivity index (χ4n) is 2.76. The Bertz CT molecular complexity index is 864. The molecule has 4 rings (SSSR count). The van der Waals surface area contributed by atoms with Gasteiger partial charge in [0.25, 0.3) is 0 Å². The zero-order valence-electron chi connectivity index (χ0n) is 11.7. The second-order valence-corrected chi connectivity index (χ2v) is 5.69. The SMILES string of the molecule is Cc1nnn2ccc(-c3ccc(C4(C#N)CC4)cc3)cc12. The Labute approximate surface area is 122 Å². The zero-order chi connectivity index (χ0) is 14.4. The van der Waals surface area contributed by atoms with Crippen LogP contribution in [0, 0.1) is 18.3 Å². The van der Waals surface area contributed by atoms with Gasteiger partial charge in [0, 0.05) is 6.20 Å². The Morgan fingerprint density at radius 2 is 1.90 bits per heavy atom. The molecule has 0 amide bonds.